The van der Waals surface area contributed by atoms with Crippen molar-refractivity contribution in [3.8, 4) is 0 Å². The number of azo groups is 1. The lowest BCUT2D eigenvalue weighted by atomic mass is 9.80. The molecule has 0 radical (unpaired) electrons. The van der Waals surface area contributed by atoms with E-state index in [2.05, 4.69) is 89.6 Å². The van der Waals surface area contributed by atoms with E-state index in [0.29, 0.717) is 38.9 Å². The first kappa shape index (κ1) is 40.6. The number of ether oxygens (including phenoxy) is 2. The zero-order valence-electron chi connectivity index (χ0n) is 31.1. The summed E-state index contributed by atoms with van der Waals surface area (Å²) in [5.74, 6) is 0. The Morgan fingerprint density at radius 2 is 0.804 bits per heavy atom. The molecule has 0 aromatic carbocycles. The molecule has 2 rings (SSSR count). The molecule has 0 atom stereocenters. The highest BCUT2D eigenvalue weighted by Crippen LogP contribution is 2.41. The SMILES string of the molecule is CCCCCCCCON1C(C)(C)CC(OC(=O)/N=N/C(=O)OC2CC(C)(C)N(OCCCCCCCC)C(C)(C)C2)CC1(C)C. The second-order valence-electron chi connectivity index (χ2n) is 16.1. The summed E-state index contributed by atoms with van der Waals surface area (Å²) in [5, 5.41) is 11.3. The van der Waals surface area contributed by atoms with Crippen LogP contribution in [-0.2, 0) is 19.1 Å². The van der Waals surface area contributed by atoms with Gasteiger partial charge in [0.1, 0.15) is 12.2 Å². The van der Waals surface area contributed by atoms with Crippen LogP contribution in [0.2, 0.25) is 0 Å². The fraction of sp³-hybridized carbons (Fsp3) is 0.944. The Balaban J connectivity index is 1.82. The standard InChI is InChI=1S/C36H68N4O6/c1-11-13-15-17-19-21-23-43-39-33(3,4)25-29(26-34(39,5)6)45-31(41)37-38-32(42)46-30-27-35(7,8)40(36(9,10)28-30)44-24-22-20-18-16-14-12-2/h29-30H,11-28H2,1-10H3/b38-37+. The molecule has 2 saturated heterocycles. The van der Waals surface area contributed by atoms with Gasteiger partial charge in [-0.25, -0.2) is 9.59 Å². The molecule has 2 fully saturated rings. The molecule has 46 heavy (non-hydrogen) atoms. The molecular formula is C36H68N4O6. The summed E-state index contributed by atoms with van der Waals surface area (Å²) in [6.07, 6.45) is 14.4. The van der Waals surface area contributed by atoms with Crippen molar-refractivity contribution in [2.45, 2.75) is 206 Å². The second-order valence-corrected chi connectivity index (χ2v) is 16.1. The third-order valence-corrected chi connectivity index (χ3v) is 9.29. The monoisotopic (exact) mass is 653 g/mol. The van der Waals surface area contributed by atoms with E-state index in [1.807, 2.05) is 0 Å². The number of carbonyl (C=O) groups excluding carboxylic acids is 2. The average molecular weight is 653 g/mol. The van der Waals surface area contributed by atoms with Gasteiger partial charge in [0.05, 0.1) is 13.2 Å². The van der Waals surface area contributed by atoms with E-state index in [1.165, 1.54) is 64.2 Å². The number of piperidine rings is 2. The summed E-state index contributed by atoms with van der Waals surface area (Å²) < 4.78 is 11.3. The zero-order chi connectivity index (χ0) is 34.4. The molecule has 0 spiro atoms. The number of rotatable bonds is 18. The Bertz CT molecular complexity index is 841. The molecule has 2 aliphatic rings. The van der Waals surface area contributed by atoms with Gasteiger partial charge in [-0.15, -0.1) is 0 Å². The molecular weight excluding hydrogens is 584 g/mol. The van der Waals surface area contributed by atoms with Crippen LogP contribution in [0.4, 0.5) is 9.59 Å². The van der Waals surface area contributed by atoms with Crippen molar-refractivity contribution in [3.63, 3.8) is 0 Å². The van der Waals surface area contributed by atoms with Gasteiger partial charge in [-0.05, 0) is 68.2 Å². The average Bonchev–Trinajstić information content (AvgIpc) is 2.92. The van der Waals surface area contributed by atoms with E-state index in [0.717, 1.165) is 12.8 Å². The first-order valence-corrected chi connectivity index (χ1v) is 18.2. The highest BCUT2D eigenvalue weighted by molar-refractivity contribution is 5.73. The Morgan fingerprint density at radius 3 is 1.11 bits per heavy atom. The quantitative estimate of drug-likeness (QED) is 0.106. The molecule has 0 N–H and O–H groups in total. The first-order valence-electron chi connectivity index (χ1n) is 18.2. The Morgan fingerprint density at radius 1 is 0.522 bits per heavy atom. The Hall–Kier alpha value is -1.62. The molecule has 2 heterocycles. The van der Waals surface area contributed by atoms with Gasteiger partial charge in [0.2, 0.25) is 0 Å². The van der Waals surface area contributed by atoms with Gasteiger partial charge in [-0.3, -0.25) is 9.68 Å². The van der Waals surface area contributed by atoms with E-state index in [1.54, 1.807) is 0 Å². The van der Waals surface area contributed by atoms with E-state index in [-0.39, 0.29) is 34.4 Å². The molecule has 0 aromatic rings. The molecule has 2 aliphatic heterocycles. The number of amides is 2. The number of hydrogen-bond acceptors (Lipinski definition) is 8. The third kappa shape index (κ3) is 13.5. The maximum atomic E-state index is 12.6. The van der Waals surface area contributed by atoms with Crippen molar-refractivity contribution in [1.82, 2.24) is 10.1 Å². The van der Waals surface area contributed by atoms with Gasteiger partial charge in [-0.2, -0.15) is 10.1 Å². The maximum Gasteiger partial charge on any atom is 0.452 e. The number of nitrogens with zero attached hydrogens (tertiary/aromatic N) is 4. The minimum absolute atomic E-state index is 0.349. The lowest BCUT2D eigenvalue weighted by molar-refractivity contribution is -0.292. The van der Waals surface area contributed by atoms with Gasteiger partial charge in [0.15, 0.2) is 0 Å². The van der Waals surface area contributed by atoms with Gasteiger partial charge in [0, 0.05) is 47.8 Å². The van der Waals surface area contributed by atoms with Crippen molar-refractivity contribution in [3.05, 3.63) is 0 Å². The molecule has 0 bridgehead atoms. The summed E-state index contributed by atoms with van der Waals surface area (Å²) in [4.78, 5) is 37.8. The molecule has 2 amide bonds. The van der Waals surface area contributed by atoms with Crippen molar-refractivity contribution < 1.29 is 28.7 Å². The van der Waals surface area contributed by atoms with Crippen molar-refractivity contribution >= 4 is 12.2 Å². The van der Waals surface area contributed by atoms with Crippen molar-refractivity contribution in [2.24, 2.45) is 10.2 Å². The topological polar surface area (TPSA) is 102 Å². The van der Waals surface area contributed by atoms with Gasteiger partial charge in [-0.1, -0.05) is 88.3 Å². The van der Waals surface area contributed by atoms with Crippen LogP contribution in [0.5, 0.6) is 0 Å². The molecule has 268 valence electrons. The van der Waals surface area contributed by atoms with Crippen molar-refractivity contribution in [2.75, 3.05) is 13.2 Å². The Labute approximate surface area is 280 Å². The molecule has 10 nitrogen and oxygen atoms in total. The summed E-state index contributed by atoms with van der Waals surface area (Å²) in [6.45, 7) is 22.6. The fourth-order valence-corrected chi connectivity index (χ4v) is 7.70. The van der Waals surface area contributed by atoms with Gasteiger partial charge in [0.25, 0.3) is 0 Å². The van der Waals surface area contributed by atoms with Gasteiger partial charge < -0.3 is 9.47 Å². The van der Waals surface area contributed by atoms with Crippen LogP contribution in [0.3, 0.4) is 0 Å². The van der Waals surface area contributed by atoms with Crippen LogP contribution in [-0.4, -0.2) is 69.9 Å². The minimum atomic E-state index is -0.881. The van der Waals surface area contributed by atoms with E-state index < -0.39 is 12.2 Å². The number of unbranched alkanes of at least 4 members (excludes halogenated alkanes) is 10. The van der Waals surface area contributed by atoms with E-state index in [4.69, 9.17) is 19.1 Å². The van der Waals surface area contributed by atoms with Crippen molar-refractivity contribution in [1.29, 1.82) is 0 Å². The molecule has 0 aromatic heterocycles. The molecule has 10 heteroatoms. The maximum absolute atomic E-state index is 12.6. The van der Waals surface area contributed by atoms with Gasteiger partial charge >= 0.3 is 12.2 Å². The number of carbonyl (C=O) groups is 2. The predicted molar refractivity (Wildman–Crippen MR) is 183 cm³/mol. The smallest absolute Gasteiger partial charge is 0.443 e. The minimum Gasteiger partial charge on any atom is -0.443 e. The van der Waals surface area contributed by atoms with E-state index >= 15 is 0 Å². The van der Waals surface area contributed by atoms with Crippen LogP contribution >= 0.6 is 0 Å². The Kier molecular flexibility index (Phi) is 16.6. The fourth-order valence-electron chi connectivity index (χ4n) is 7.70. The van der Waals surface area contributed by atoms with Crippen LogP contribution in [0.25, 0.3) is 0 Å². The number of hydroxylamine groups is 4. The summed E-state index contributed by atoms with van der Waals surface area (Å²) in [6, 6.07) is 0. The molecule has 0 unspecified atom stereocenters. The number of hydrogen-bond donors (Lipinski definition) is 0. The molecule has 0 saturated carbocycles. The van der Waals surface area contributed by atoms with Crippen LogP contribution in [0.15, 0.2) is 10.2 Å². The lowest BCUT2D eigenvalue weighted by Crippen LogP contribution is -2.62. The summed E-state index contributed by atoms with van der Waals surface area (Å²) in [5.41, 5.74) is -1.40. The lowest BCUT2D eigenvalue weighted by Gasteiger charge is -2.53. The normalized spacial score (nSPS) is 21.9. The van der Waals surface area contributed by atoms with Crippen LogP contribution in [0, 0.1) is 0 Å². The van der Waals surface area contributed by atoms with Crippen LogP contribution < -0.4 is 0 Å². The van der Waals surface area contributed by atoms with E-state index in [9.17, 15) is 9.59 Å². The van der Waals surface area contributed by atoms with Crippen LogP contribution in [0.1, 0.15) is 172 Å². The summed E-state index contributed by atoms with van der Waals surface area (Å²) in [7, 11) is 0. The largest absolute Gasteiger partial charge is 0.452 e. The zero-order valence-corrected chi connectivity index (χ0v) is 31.1. The first-order chi connectivity index (χ1) is 21.5. The second kappa shape index (κ2) is 18.8. The highest BCUT2D eigenvalue weighted by atomic mass is 16.7. The predicted octanol–water partition coefficient (Wildman–Crippen LogP) is 10.3. The third-order valence-electron chi connectivity index (χ3n) is 9.29. The molecule has 0 aliphatic carbocycles. The highest BCUT2D eigenvalue weighted by Gasteiger charge is 2.49. The summed E-state index contributed by atoms with van der Waals surface area (Å²) >= 11 is 0.